The Morgan fingerprint density at radius 2 is 1.79 bits per heavy atom. The van der Waals surface area contributed by atoms with Crippen LogP contribution in [-0.4, -0.2) is 62.7 Å². The summed E-state index contributed by atoms with van der Waals surface area (Å²) in [6, 6.07) is 22.6. The first-order valence-corrected chi connectivity index (χ1v) is 13.5. The molecule has 0 radical (unpaired) electrons. The molecule has 3 aromatic carbocycles. The van der Waals surface area contributed by atoms with Gasteiger partial charge in [0.05, 0.1) is 25.4 Å². The average Bonchev–Trinajstić information content (AvgIpc) is 2.96. The molecule has 2 heterocycles. The minimum absolute atomic E-state index is 0.0550. The number of carbonyl (C=O) groups excluding carboxylic acids is 1. The molecular weight excluding hydrogens is 481 g/mol. The summed E-state index contributed by atoms with van der Waals surface area (Å²) in [5.74, 6) is 1.31. The highest BCUT2D eigenvalue weighted by Gasteiger charge is 2.36. The van der Waals surface area contributed by atoms with E-state index in [1.165, 1.54) is 17.7 Å². The van der Waals surface area contributed by atoms with Crippen molar-refractivity contribution in [3.63, 3.8) is 0 Å². The third-order valence-electron chi connectivity index (χ3n) is 7.56. The Kier molecular flexibility index (Phi) is 8.44. The van der Waals surface area contributed by atoms with Crippen molar-refractivity contribution in [2.24, 2.45) is 0 Å². The molecule has 2 aliphatic heterocycles. The Labute approximate surface area is 224 Å². The Bertz CT molecular complexity index is 1210. The summed E-state index contributed by atoms with van der Waals surface area (Å²) in [5, 5.41) is 3.69. The monoisotopic (exact) mass is 517 g/mol. The van der Waals surface area contributed by atoms with Crippen LogP contribution in [0.15, 0.2) is 72.8 Å². The highest BCUT2D eigenvalue weighted by Crippen LogP contribution is 2.32. The van der Waals surface area contributed by atoms with Crippen molar-refractivity contribution < 1.29 is 18.7 Å². The number of hydrogen-bond acceptors (Lipinski definition) is 6. The predicted octanol–water partition coefficient (Wildman–Crippen LogP) is 5.18. The summed E-state index contributed by atoms with van der Waals surface area (Å²) < 4.78 is 25.0. The van der Waals surface area contributed by atoms with Gasteiger partial charge in [-0.3, -0.25) is 9.69 Å². The molecule has 6 nitrogen and oxygen atoms in total. The minimum Gasteiger partial charge on any atom is -0.494 e. The first-order valence-electron chi connectivity index (χ1n) is 13.5. The van der Waals surface area contributed by atoms with Gasteiger partial charge in [-0.2, -0.15) is 0 Å². The summed E-state index contributed by atoms with van der Waals surface area (Å²) in [6.07, 6.45) is 3.03. The number of ether oxygens (including phenoxy) is 2. The number of piperazine rings is 1. The molecule has 3 aromatic rings. The standard InChI is InChI=1S/C31H36FN3O3/c1-37-30-22-24(32)14-16-28(30)34-17-19-35(20-18-34)31(27-15-13-23-8-5-6-11-26(23)33-27)29(36)12-7-21-38-25-9-3-2-4-10-25/h2-6,8-11,14,16,22,27,31,33H,7,12-13,15,17-21H2,1H3. The van der Waals surface area contributed by atoms with E-state index < -0.39 is 0 Å². The van der Waals surface area contributed by atoms with Gasteiger partial charge in [0.25, 0.3) is 0 Å². The van der Waals surface area contributed by atoms with Crippen molar-refractivity contribution in [3.8, 4) is 11.5 Å². The molecule has 38 heavy (non-hydrogen) atoms. The number of fused-ring (bicyclic) bond motifs is 1. The van der Waals surface area contributed by atoms with Gasteiger partial charge in [-0.15, -0.1) is 0 Å². The Morgan fingerprint density at radius 1 is 1.03 bits per heavy atom. The zero-order valence-electron chi connectivity index (χ0n) is 21.9. The van der Waals surface area contributed by atoms with Crippen molar-refractivity contribution in [1.29, 1.82) is 0 Å². The number of para-hydroxylation sites is 2. The molecule has 0 aromatic heterocycles. The van der Waals surface area contributed by atoms with Gasteiger partial charge in [0.2, 0.25) is 0 Å². The minimum atomic E-state index is -0.310. The van der Waals surface area contributed by atoms with Gasteiger partial charge in [0, 0.05) is 50.4 Å². The average molecular weight is 518 g/mol. The highest BCUT2D eigenvalue weighted by atomic mass is 19.1. The molecule has 1 N–H and O–H groups in total. The molecule has 200 valence electrons. The van der Waals surface area contributed by atoms with Gasteiger partial charge >= 0.3 is 0 Å². The Hall–Kier alpha value is -3.58. The zero-order chi connectivity index (χ0) is 26.3. The van der Waals surface area contributed by atoms with Gasteiger partial charge in [-0.1, -0.05) is 36.4 Å². The molecule has 1 saturated heterocycles. The van der Waals surface area contributed by atoms with Crippen molar-refractivity contribution in [1.82, 2.24) is 4.90 Å². The van der Waals surface area contributed by atoms with E-state index in [1.54, 1.807) is 13.2 Å². The SMILES string of the molecule is COc1cc(F)ccc1N1CCN(C(C(=O)CCCOc2ccccc2)C2CCc3ccccc3N2)CC1. The van der Waals surface area contributed by atoms with E-state index in [0.717, 1.165) is 56.1 Å². The number of methoxy groups -OCH3 is 1. The third kappa shape index (κ3) is 6.10. The predicted molar refractivity (Wildman–Crippen MR) is 149 cm³/mol. The lowest BCUT2D eigenvalue weighted by Gasteiger charge is -2.44. The Balaban J connectivity index is 1.26. The number of nitrogens with one attached hydrogen (secondary N) is 1. The van der Waals surface area contributed by atoms with Crippen LogP contribution >= 0.6 is 0 Å². The van der Waals surface area contributed by atoms with Crippen molar-refractivity contribution in [2.45, 2.75) is 37.8 Å². The van der Waals surface area contributed by atoms with Gasteiger partial charge < -0.3 is 19.7 Å². The van der Waals surface area contributed by atoms with Crippen LogP contribution < -0.4 is 19.7 Å². The van der Waals surface area contributed by atoms with Crippen LogP contribution in [0, 0.1) is 5.82 Å². The molecule has 5 rings (SSSR count). The number of aryl methyl sites for hydroxylation is 1. The van der Waals surface area contributed by atoms with Gasteiger partial charge in [-0.25, -0.2) is 4.39 Å². The first-order chi connectivity index (χ1) is 18.6. The van der Waals surface area contributed by atoms with E-state index in [-0.39, 0.29) is 23.7 Å². The molecule has 0 spiro atoms. The maximum Gasteiger partial charge on any atom is 0.152 e. The van der Waals surface area contributed by atoms with Crippen molar-refractivity contribution in [3.05, 3.63) is 84.2 Å². The fourth-order valence-corrected chi connectivity index (χ4v) is 5.64. The van der Waals surface area contributed by atoms with Gasteiger partial charge in [0.1, 0.15) is 17.3 Å². The van der Waals surface area contributed by atoms with Crippen LogP contribution in [0.1, 0.15) is 24.8 Å². The molecule has 2 atom stereocenters. The second-order valence-electron chi connectivity index (χ2n) is 9.96. The second-order valence-corrected chi connectivity index (χ2v) is 9.96. The number of Topliss-reactive ketones (excluding diaryl/α,β-unsaturated/α-hetero) is 1. The summed E-state index contributed by atoms with van der Waals surface area (Å²) >= 11 is 0. The van der Waals surface area contributed by atoms with Gasteiger partial charge in [0.15, 0.2) is 5.78 Å². The maximum absolute atomic E-state index is 13.7. The molecule has 0 aliphatic carbocycles. The van der Waals surface area contributed by atoms with Crippen LogP contribution in [-0.2, 0) is 11.2 Å². The van der Waals surface area contributed by atoms with Crippen molar-refractivity contribution in [2.75, 3.05) is 50.1 Å². The summed E-state index contributed by atoms with van der Waals surface area (Å²) in [6.45, 7) is 3.49. The van der Waals surface area contributed by atoms with E-state index in [2.05, 4.69) is 33.3 Å². The molecule has 7 heteroatoms. The maximum atomic E-state index is 13.7. The quantitative estimate of drug-likeness (QED) is 0.374. The van der Waals surface area contributed by atoms with E-state index in [1.807, 2.05) is 36.4 Å². The summed E-state index contributed by atoms with van der Waals surface area (Å²) in [4.78, 5) is 18.3. The topological polar surface area (TPSA) is 54.0 Å². The first kappa shape index (κ1) is 26.0. The molecule has 0 amide bonds. The Morgan fingerprint density at radius 3 is 2.58 bits per heavy atom. The number of anilines is 2. The molecule has 2 unspecified atom stereocenters. The fraction of sp³-hybridized carbons (Fsp3) is 0.387. The lowest BCUT2D eigenvalue weighted by Crippen LogP contribution is -2.58. The van der Waals surface area contributed by atoms with E-state index in [4.69, 9.17) is 9.47 Å². The lowest BCUT2D eigenvalue weighted by atomic mass is 9.89. The lowest BCUT2D eigenvalue weighted by molar-refractivity contribution is -0.125. The number of rotatable bonds is 10. The number of nitrogens with zero attached hydrogens (tertiary/aromatic N) is 2. The van der Waals surface area contributed by atoms with Crippen LogP contribution in [0.5, 0.6) is 11.5 Å². The molecular formula is C31H36FN3O3. The summed E-state index contributed by atoms with van der Waals surface area (Å²) in [5.41, 5.74) is 3.32. The molecule has 1 fully saturated rings. The fourth-order valence-electron chi connectivity index (χ4n) is 5.64. The van der Waals surface area contributed by atoms with Crippen molar-refractivity contribution >= 4 is 17.2 Å². The van der Waals surface area contributed by atoms with Crippen LogP contribution in [0.4, 0.5) is 15.8 Å². The normalized spacial score (nSPS) is 18.3. The van der Waals surface area contributed by atoms with Crippen LogP contribution in [0.25, 0.3) is 0 Å². The molecule has 0 saturated carbocycles. The second kappa shape index (κ2) is 12.3. The number of halogens is 1. The smallest absolute Gasteiger partial charge is 0.152 e. The number of benzene rings is 3. The number of carbonyl (C=O) groups is 1. The van der Waals surface area contributed by atoms with E-state index in [9.17, 15) is 9.18 Å². The van der Waals surface area contributed by atoms with E-state index in [0.29, 0.717) is 25.2 Å². The number of ketones is 1. The largest absolute Gasteiger partial charge is 0.494 e. The molecule has 2 aliphatic rings. The van der Waals surface area contributed by atoms with Crippen LogP contribution in [0.2, 0.25) is 0 Å². The third-order valence-corrected chi connectivity index (χ3v) is 7.56. The molecule has 0 bridgehead atoms. The highest BCUT2D eigenvalue weighted by molar-refractivity contribution is 5.85. The van der Waals surface area contributed by atoms with E-state index >= 15 is 0 Å². The summed E-state index contributed by atoms with van der Waals surface area (Å²) in [7, 11) is 1.57. The van der Waals surface area contributed by atoms with Gasteiger partial charge in [-0.05, 0) is 55.2 Å². The van der Waals surface area contributed by atoms with Crippen LogP contribution in [0.3, 0.4) is 0 Å². The number of hydrogen-bond donors (Lipinski definition) is 1. The zero-order valence-corrected chi connectivity index (χ0v) is 21.9.